The Kier molecular flexibility index (Phi) is 4.15. The normalized spacial score (nSPS) is 18.2. The van der Waals surface area contributed by atoms with Crippen molar-refractivity contribution in [2.24, 2.45) is 0 Å². The van der Waals surface area contributed by atoms with Crippen molar-refractivity contribution in [1.82, 2.24) is 20.2 Å². The summed E-state index contributed by atoms with van der Waals surface area (Å²) in [6.45, 7) is 7.84. The quantitative estimate of drug-likeness (QED) is 0.759. The molecule has 1 aliphatic heterocycles. The number of hydrogen-bond acceptors (Lipinski definition) is 3. The lowest BCUT2D eigenvalue weighted by atomic mass is 10.0. The van der Waals surface area contributed by atoms with Gasteiger partial charge in [-0.3, -0.25) is 10.1 Å². The molecule has 0 saturated heterocycles. The molecule has 0 aromatic carbocycles. The summed E-state index contributed by atoms with van der Waals surface area (Å²) in [4.78, 5) is 21.6. The molecule has 5 nitrogen and oxygen atoms in total. The second-order valence-electron chi connectivity index (χ2n) is 4.54. The molecule has 0 radical (unpaired) electrons. The van der Waals surface area contributed by atoms with Crippen LogP contribution in [0.2, 0.25) is 0 Å². The molecule has 2 heterocycles. The van der Waals surface area contributed by atoms with Gasteiger partial charge in [0.15, 0.2) is 0 Å². The topological polar surface area (TPSA) is 61.0 Å². The smallest absolute Gasteiger partial charge is 0.240 e. The summed E-state index contributed by atoms with van der Waals surface area (Å²) in [5, 5.41) is 3.26. The summed E-state index contributed by atoms with van der Waals surface area (Å²) in [6.07, 6.45) is 5.08. The molecule has 0 spiro atoms. The second kappa shape index (κ2) is 5.82. The van der Waals surface area contributed by atoms with E-state index in [1.54, 1.807) is 12.4 Å². The Bertz CT molecular complexity index is 426. The van der Waals surface area contributed by atoms with Crippen LogP contribution >= 0.6 is 0 Å². The minimum absolute atomic E-state index is 0.144. The molecule has 98 valence electrons. The highest BCUT2D eigenvalue weighted by atomic mass is 16.2. The Labute approximate surface area is 107 Å². The SMILES string of the molecule is C=CCN(CCC)C(=O)C1Cc2nc[nH]c2CN1. The average Bonchev–Trinajstić information content (AvgIpc) is 2.84. The van der Waals surface area contributed by atoms with Crippen LogP contribution in [0.3, 0.4) is 0 Å². The van der Waals surface area contributed by atoms with Crippen LogP contribution in [0.1, 0.15) is 24.7 Å². The van der Waals surface area contributed by atoms with E-state index < -0.39 is 0 Å². The minimum Gasteiger partial charge on any atom is -0.347 e. The van der Waals surface area contributed by atoms with Gasteiger partial charge in [0.2, 0.25) is 5.91 Å². The number of fused-ring (bicyclic) bond motifs is 1. The molecular weight excluding hydrogens is 228 g/mol. The Morgan fingerprint density at radius 1 is 1.72 bits per heavy atom. The van der Waals surface area contributed by atoms with E-state index in [9.17, 15) is 4.79 Å². The molecule has 0 bridgehead atoms. The third-order valence-electron chi connectivity index (χ3n) is 3.18. The number of nitrogens with one attached hydrogen (secondary N) is 2. The monoisotopic (exact) mass is 248 g/mol. The van der Waals surface area contributed by atoms with E-state index in [2.05, 4.69) is 28.8 Å². The van der Waals surface area contributed by atoms with Crippen molar-refractivity contribution in [3.8, 4) is 0 Å². The fraction of sp³-hybridized carbons (Fsp3) is 0.538. The van der Waals surface area contributed by atoms with Gasteiger partial charge in [-0.1, -0.05) is 13.0 Å². The van der Waals surface area contributed by atoms with E-state index in [1.165, 1.54) is 0 Å². The number of amides is 1. The van der Waals surface area contributed by atoms with Crippen molar-refractivity contribution in [3.05, 3.63) is 30.4 Å². The molecule has 18 heavy (non-hydrogen) atoms. The van der Waals surface area contributed by atoms with Crippen LogP contribution in [0.5, 0.6) is 0 Å². The van der Waals surface area contributed by atoms with E-state index in [4.69, 9.17) is 0 Å². The van der Waals surface area contributed by atoms with Crippen LogP contribution in [-0.4, -0.2) is 39.9 Å². The first-order valence-electron chi connectivity index (χ1n) is 6.40. The number of rotatable bonds is 5. The molecular formula is C13H20N4O. The zero-order valence-corrected chi connectivity index (χ0v) is 10.8. The van der Waals surface area contributed by atoms with Crippen molar-refractivity contribution in [1.29, 1.82) is 0 Å². The maximum atomic E-state index is 12.4. The second-order valence-corrected chi connectivity index (χ2v) is 4.54. The number of imidazole rings is 1. The lowest BCUT2D eigenvalue weighted by Gasteiger charge is -2.28. The first-order chi connectivity index (χ1) is 8.76. The molecule has 1 aliphatic rings. The maximum absolute atomic E-state index is 12.4. The maximum Gasteiger partial charge on any atom is 0.240 e. The highest BCUT2D eigenvalue weighted by Crippen LogP contribution is 2.14. The third-order valence-corrected chi connectivity index (χ3v) is 3.18. The predicted octanol–water partition coefficient (Wildman–Crippen LogP) is 0.849. The first-order valence-corrected chi connectivity index (χ1v) is 6.40. The Hall–Kier alpha value is -1.62. The van der Waals surface area contributed by atoms with Crippen molar-refractivity contribution in [3.63, 3.8) is 0 Å². The standard InChI is InChI=1S/C13H20N4O/c1-3-5-17(6-4-2)13(18)11-7-10-12(8-14-11)16-9-15-10/h3,9,11,14H,1,4-8H2,2H3,(H,15,16). The molecule has 5 heteroatoms. The van der Waals surface area contributed by atoms with Crippen molar-refractivity contribution < 1.29 is 4.79 Å². The van der Waals surface area contributed by atoms with Gasteiger partial charge in [-0.05, 0) is 6.42 Å². The van der Waals surface area contributed by atoms with Crippen LogP contribution in [-0.2, 0) is 17.8 Å². The van der Waals surface area contributed by atoms with Gasteiger partial charge in [0, 0.05) is 26.1 Å². The number of carbonyl (C=O) groups is 1. The van der Waals surface area contributed by atoms with Gasteiger partial charge in [-0.2, -0.15) is 0 Å². The lowest BCUT2D eigenvalue weighted by Crippen LogP contribution is -2.49. The molecule has 2 rings (SSSR count). The van der Waals surface area contributed by atoms with E-state index in [-0.39, 0.29) is 11.9 Å². The van der Waals surface area contributed by atoms with E-state index in [0.29, 0.717) is 19.5 Å². The number of carbonyl (C=O) groups excluding carboxylic acids is 1. The lowest BCUT2D eigenvalue weighted by molar-refractivity contribution is -0.133. The number of hydrogen-bond donors (Lipinski definition) is 2. The van der Waals surface area contributed by atoms with Crippen LogP contribution in [0.25, 0.3) is 0 Å². The molecule has 2 N–H and O–H groups in total. The molecule has 0 saturated carbocycles. The summed E-state index contributed by atoms with van der Waals surface area (Å²) in [6, 6.07) is -0.160. The van der Waals surface area contributed by atoms with Gasteiger partial charge in [-0.15, -0.1) is 6.58 Å². The van der Waals surface area contributed by atoms with Crippen molar-refractivity contribution in [2.75, 3.05) is 13.1 Å². The molecule has 0 fully saturated rings. The predicted molar refractivity (Wildman–Crippen MR) is 70.0 cm³/mol. The van der Waals surface area contributed by atoms with E-state index in [0.717, 1.165) is 24.4 Å². The molecule has 1 unspecified atom stereocenters. The Morgan fingerprint density at radius 2 is 2.56 bits per heavy atom. The summed E-state index contributed by atoms with van der Waals surface area (Å²) in [5.41, 5.74) is 2.09. The molecule has 1 amide bonds. The van der Waals surface area contributed by atoms with E-state index >= 15 is 0 Å². The van der Waals surface area contributed by atoms with Crippen LogP contribution in [0.4, 0.5) is 0 Å². The number of aromatic amines is 1. The Morgan fingerprint density at radius 3 is 3.28 bits per heavy atom. The van der Waals surface area contributed by atoms with Crippen molar-refractivity contribution in [2.45, 2.75) is 32.4 Å². The van der Waals surface area contributed by atoms with Gasteiger partial charge in [0.05, 0.1) is 23.8 Å². The van der Waals surface area contributed by atoms with Gasteiger partial charge >= 0.3 is 0 Å². The van der Waals surface area contributed by atoms with E-state index in [1.807, 2.05) is 4.90 Å². The zero-order valence-electron chi connectivity index (χ0n) is 10.8. The Balaban J connectivity index is 2.03. The van der Waals surface area contributed by atoms with Gasteiger partial charge in [0.1, 0.15) is 0 Å². The fourth-order valence-corrected chi connectivity index (χ4v) is 2.28. The van der Waals surface area contributed by atoms with Crippen molar-refractivity contribution >= 4 is 5.91 Å². The third kappa shape index (κ3) is 2.61. The summed E-state index contributed by atoms with van der Waals surface area (Å²) in [7, 11) is 0. The fourth-order valence-electron chi connectivity index (χ4n) is 2.28. The van der Waals surface area contributed by atoms with Gasteiger partial charge in [0.25, 0.3) is 0 Å². The molecule has 0 aliphatic carbocycles. The number of aromatic nitrogens is 2. The average molecular weight is 248 g/mol. The number of H-pyrrole nitrogens is 1. The van der Waals surface area contributed by atoms with Gasteiger partial charge in [-0.25, -0.2) is 4.98 Å². The molecule has 1 atom stereocenters. The largest absolute Gasteiger partial charge is 0.347 e. The number of nitrogens with zero attached hydrogens (tertiary/aromatic N) is 2. The van der Waals surface area contributed by atoms with Crippen LogP contribution in [0.15, 0.2) is 19.0 Å². The van der Waals surface area contributed by atoms with Crippen LogP contribution < -0.4 is 5.32 Å². The van der Waals surface area contributed by atoms with Gasteiger partial charge < -0.3 is 9.88 Å². The first kappa shape index (κ1) is 12.8. The highest BCUT2D eigenvalue weighted by molar-refractivity contribution is 5.82. The summed E-state index contributed by atoms with van der Waals surface area (Å²) in [5.74, 6) is 0.144. The molecule has 1 aromatic heterocycles. The summed E-state index contributed by atoms with van der Waals surface area (Å²) >= 11 is 0. The summed E-state index contributed by atoms with van der Waals surface area (Å²) < 4.78 is 0. The highest BCUT2D eigenvalue weighted by Gasteiger charge is 2.28. The zero-order chi connectivity index (χ0) is 13.0. The molecule has 1 aromatic rings. The van der Waals surface area contributed by atoms with Crippen LogP contribution in [0, 0.1) is 0 Å². The minimum atomic E-state index is -0.160.